The number of nitrogens with zero attached hydrogens (tertiary/aromatic N) is 5. The summed E-state index contributed by atoms with van der Waals surface area (Å²) in [7, 11) is 4.27. The lowest BCUT2D eigenvalue weighted by atomic mass is 9.94. The number of hydrogen-bond donors (Lipinski definition) is 0. The van der Waals surface area contributed by atoms with Crippen molar-refractivity contribution < 1.29 is 0 Å². The molecule has 71 heavy (non-hydrogen) atoms. The molecule has 340 valence electrons. The molecule has 0 bridgehead atoms. The average molecular weight is 914 g/mol. The van der Waals surface area contributed by atoms with E-state index in [0.29, 0.717) is 0 Å². The molecule has 0 aliphatic rings. The lowest BCUT2D eigenvalue weighted by Gasteiger charge is -2.30. The van der Waals surface area contributed by atoms with Crippen LogP contribution in [0, 0.1) is 13.8 Å². The van der Waals surface area contributed by atoms with Crippen LogP contribution in [0.1, 0.15) is 11.1 Å². The van der Waals surface area contributed by atoms with Gasteiger partial charge in [0, 0.05) is 99.9 Å². The molecular formula is C66H51N5. The van der Waals surface area contributed by atoms with Crippen molar-refractivity contribution in [3.8, 4) is 78.1 Å². The van der Waals surface area contributed by atoms with Crippen LogP contribution in [0.4, 0.5) is 17.1 Å². The van der Waals surface area contributed by atoms with Gasteiger partial charge in [-0.3, -0.25) is 9.97 Å². The first-order valence-electron chi connectivity index (χ1n) is 24.2. The molecule has 0 fully saturated rings. The Bertz CT molecular complexity index is 3710. The lowest BCUT2D eigenvalue weighted by Crippen LogP contribution is -2.12. The Kier molecular flexibility index (Phi) is 11.0. The van der Waals surface area contributed by atoms with E-state index in [2.05, 4.69) is 267 Å². The molecule has 4 heterocycles. The number of benzene rings is 8. The van der Waals surface area contributed by atoms with Crippen LogP contribution < -0.4 is 4.90 Å². The van der Waals surface area contributed by atoms with Gasteiger partial charge >= 0.3 is 0 Å². The molecule has 0 unspecified atom stereocenters. The summed E-state index contributed by atoms with van der Waals surface area (Å²) in [6.45, 7) is 4.29. The van der Waals surface area contributed by atoms with Gasteiger partial charge in [0.25, 0.3) is 0 Å². The van der Waals surface area contributed by atoms with Crippen LogP contribution in [0.2, 0.25) is 0 Å². The molecular weight excluding hydrogens is 863 g/mol. The van der Waals surface area contributed by atoms with E-state index in [4.69, 9.17) is 9.97 Å². The number of aryl methyl sites for hydroxylation is 4. The van der Waals surface area contributed by atoms with Crippen LogP contribution >= 0.6 is 0 Å². The summed E-state index contributed by atoms with van der Waals surface area (Å²) in [5.74, 6) is 0. The number of hydrogen-bond acceptors (Lipinski definition) is 3. The fraction of sp³-hybridized carbons (Fsp3) is 0.0606. The summed E-state index contributed by atoms with van der Waals surface area (Å²) in [6, 6.07) is 76.7. The molecule has 0 atom stereocenters. The van der Waals surface area contributed by atoms with E-state index in [1.807, 2.05) is 12.4 Å². The van der Waals surface area contributed by atoms with Crippen LogP contribution in [-0.2, 0) is 14.1 Å². The fourth-order valence-corrected chi connectivity index (χ4v) is 10.4. The third-order valence-electron chi connectivity index (χ3n) is 14.0. The summed E-state index contributed by atoms with van der Waals surface area (Å²) >= 11 is 0. The maximum Gasteiger partial charge on any atom is 0.0709 e. The zero-order valence-electron chi connectivity index (χ0n) is 40.3. The largest absolute Gasteiger partial charge is 0.350 e. The van der Waals surface area contributed by atoms with Crippen LogP contribution in [-0.4, -0.2) is 19.1 Å². The van der Waals surface area contributed by atoms with Gasteiger partial charge in [-0.05, 0) is 131 Å². The van der Waals surface area contributed by atoms with Crippen molar-refractivity contribution in [3.05, 3.63) is 248 Å². The van der Waals surface area contributed by atoms with Gasteiger partial charge < -0.3 is 14.0 Å². The molecule has 0 amide bonds. The van der Waals surface area contributed by atoms with E-state index in [1.165, 1.54) is 21.8 Å². The van der Waals surface area contributed by atoms with Gasteiger partial charge in [-0.25, -0.2) is 0 Å². The van der Waals surface area contributed by atoms with E-state index in [0.717, 1.165) is 106 Å². The second-order valence-corrected chi connectivity index (χ2v) is 18.6. The minimum absolute atomic E-state index is 0.900. The summed E-state index contributed by atoms with van der Waals surface area (Å²) in [4.78, 5) is 12.8. The first kappa shape index (κ1) is 43.2. The fourth-order valence-electron chi connectivity index (χ4n) is 10.4. The van der Waals surface area contributed by atoms with Crippen molar-refractivity contribution in [2.24, 2.45) is 14.1 Å². The van der Waals surface area contributed by atoms with Crippen molar-refractivity contribution in [1.29, 1.82) is 0 Å². The molecule has 0 radical (unpaired) electrons. The molecule has 12 rings (SSSR count). The van der Waals surface area contributed by atoms with Crippen molar-refractivity contribution in [2.45, 2.75) is 13.8 Å². The van der Waals surface area contributed by atoms with Crippen LogP contribution in [0.15, 0.2) is 237 Å². The minimum Gasteiger partial charge on any atom is -0.350 e. The van der Waals surface area contributed by atoms with Gasteiger partial charge in [0.1, 0.15) is 0 Å². The molecule has 0 aliphatic heterocycles. The van der Waals surface area contributed by atoms with Crippen LogP contribution in [0.25, 0.3) is 100.0 Å². The van der Waals surface area contributed by atoms with E-state index in [9.17, 15) is 0 Å². The Morgan fingerprint density at radius 1 is 0.338 bits per heavy atom. The lowest BCUT2D eigenvalue weighted by molar-refractivity contribution is 0.970. The molecule has 0 N–H and O–H groups in total. The van der Waals surface area contributed by atoms with Crippen molar-refractivity contribution in [1.82, 2.24) is 19.1 Å². The number of para-hydroxylation sites is 3. The Balaban J connectivity index is 1.17. The highest BCUT2D eigenvalue weighted by molar-refractivity contribution is 6.01. The quantitative estimate of drug-likeness (QED) is 0.137. The molecule has 0 saturated heterocycles. The first-order valence-corrected chi connectivity index (χ1v) is 24.2. The summed E-state index contributed by atoms with van der Waals surface area (Å²) in [5, 5.41) is 2.38. The SMILES string of the molecule is Cc1cnc(-c2cc(-c3cn(C)c4ccccc34)cc(N(c3cc(-c4cc(-c5ccccc5)c(C)cn4)cc(-c4cn(C)c5ccccc45)c3)c3ccccc3-c3ccccc3)c2)cc1-c1ccccc1. The normalized spacial score (nSPS) is 11.4. The molecule has 5 nitrogen and oxygen atoms in total. The van der Waals surface area contributed by atoms with E-state index in [-0.39, 0.29) is 0 Å². The second kappa shape index (κ2) is 18.1. The summed E-state index contributed by atoms with van der Waals surface area (Å²) in [5.41, 5.74) is 22.9. The zero-order valence-corrected chi connectivity index (χ0v) is 40.3. The Morgan fingerprint density at radius 2 is 0.718 bits per heavy atom. The second-order valence-electron chi connectivity index (χ2n) is 18.6. The van der Waals surface area contributed by atoms with Crippen LogP contribution in [0.3, 0.4) is 0 Å². The van der Waals surface area contributed by atoms with Crippen molar-refractivity contribution in [2.75, 3.05) is 4.90 Å². The smallest absolute Gasteiger partial charge is 0.0709 e. The predicted molar refractivity (Wildman–Crippen MR) is 297 cm³/mol. The van der Waals surface area contributed by atoms with Gasteiger partial charge in [-0.2, -0.15) is 0 Å². The Hall–Kier alpha value is -9.06. The van der Waals surface area contributed by atoms with Gasteiger partial charge in [-0.15, -0.1) is 0 Å². The zero-order chi connectivity index (χ0) is 48.0. The highest BCUT2D eigenvalue weighted by Gasteiger charge is 2.23. The summed E-state index contributed by atoms with van der Waals surface area (Å²) < 4.78 is 4.46. The molecule has 0 saturated carbocycles. The van der Waals surface area contributed by atoms with E-state index >= 15 is 0 Å². The molecule has 4 aromatic heterocycles. The minimum atomic E-state index is 0.900. The standard InChI is InChI=1S/C66H51N5/c1-44-40-67-62(38-58(44)47-22-10-6-11-23-47)51-32-49(60-42-69(3)64-29-17-15-27-56(60)64)34-53(36-51)71(66-31-19-14-26-55(66)46-20-8-5-9-21-46)54-35-50(61-43-70(4)65-30-18-16-28-57(61)65)33-52(37-54)63-39-59(45(2)41-68-63)48-24-12-7-13-25-48/h5-43H,1-4H3. The van der Waals surface area contributed by atoms with Crippen molar-refractivity contribution >= 4 is 38.9 Å². The van der Waals surface area contributed by atoms with E-state index < -0.39 is 0 Å². The number of fused-ring (bicyclic) bond motifs is 2. The molecule has 12 aromatic rings. The number of pyridine rings is 2. The number of rotatable bonds is 10. The number of anilines is 3. The van der Waals surface area contributed by atoms with Gasteiger partial charge in [0.2, 0.25) is 0 Å². The average Bonchev–Trinajstić information content (AvgIpc) is 3.95. The Morgan fingerprint density at radius 3 is 1.18 bits per heavy atom. The monoisotopic (exact) mass is 913 g/mol. The topological polar surface area (TPSA) is 38.9 Å². The molecule has 0 aliphatic carbocycles. The van der Waals surface area contributed by atoms with Gasteiger partial charge in [0.15, 0.2) is 0 Å². The van der Waals surface area contributed by atoms with Gasteiger partial charge in [-0.1, -0.05) is 146 Å². The number of aromatic nitrogens is 4. The molecule has 5 heteroatoms. The van der Waals surface area contributed by atoms with E-state index in [1.54, 1.807) is 0 Å². The maximum atomic E-state index is 5.19. The summed E-state index contributed by atoms with van der Waals surface area (Å²) in [6.07, 6.45) is 8.56. The first-order chi connectivity index (χ1) is 34.8. The van der Waals surface area contributed by atoms with Gasteiger partial charge in [0.05, 0.1) is 17.1 Å². The maximum absolute atomic E-state index is 5.19. The van der Waals surface area contributed by atoms with Crippen LogP contribution in [0.5, 0.6) is 0 Å². The third-order valence-corrected chi connectivity index (χ3v) is 14.0. The predicted octanol–water partition coefficient (Wildman–Crippen LogP) is 17.2. The molecule has 0 spiro atoms. The highest BCUT2D eigenvalue weighted by atomic mass is 15.1. The highest BCUT2D eigenvalue weighted by Crippen LogP contribution is 2.47. The van der Waals surface area contributed by atoms with Crippen molar-refractivity contribution in [3.63, 3.8) is 0 Å². The molecule has 8 aromatic carbocycles. The Labute approximate surface area is 415 Å². The third kappa shape index (κ3) is 8.07.